The lowest BCUT2D eigenvalue weighted by atomic mass is 9.95. The number of aromatic nitrogens is 2. The molecule has 100 valence electrons. The van der Waals surface area contributed by atoms with E-state index in [0.29, 0.717) is 11.2 Å². The maximum Gasteiger partial charge on any atom is 0.226 e. The molecule has 1 atom stereocenters. The molecule has 0 aromatic carbocycles. The standard InChI is InChI=1S/C12H19N3OS2/c1-3-13-4-2-9(1)7-11-14-12(15-16-11)10-8-17-5-6-18-10/h9-10,13H,1-8H2. The first-order valence-electron chi connectivity index (χ1n) is 6.64. The van der Waals surface area contributed by atoms with Crippen molar-refractivity contribution >= 4 is 23.5 Å². The molecular formula is C12H19N3OS2. The van der Waals surface area contributed by atoms with Crippen molar-refractivity contribution in [2.45, 2.75) is 24.5 Å². The van der Waals surface area contributed by atoms with Gasteiger partial charge >= 0.3 is 0 Å². The van der Waals surface area contributed by atoms with Crippen molar-refractivity contribution in [1.29, 1.82) is 0 Å². The average Bonchev–Trinajstić information content (AvgIpc) is 2.89. The van der Waals surface area contributed by atoms with E-state index >= 15 is 0 Å². The lowest BCUT2D eigenvalue weighted by Crippen LogP contribution is -2.28. The first-order chi connectivity index (χ1) is 8.92. The number of thioether (sulfide) groups is 2. The highest BCUT2D eigenvalue weighted by molar-refractivity contribution is 8.06. The molecule has 0 saturated carbocycles. The van der Waals surface area contributed by atoms with E-state index in [1.807, 2.05) is 23.5 Å². The van der Waals surface area contributed by atoms with Gasteiger partial charge in [0, 0.05) is 23.7 Å². The molecular weight excluding hydrogens is 266 g/mol. The smallest absolute Gasteiger partial charge is 0.226 e. The van der Waals surface area contributed by atoms with E-state index in [9.17, 15) is 0 Å². The minimum absolute atomic E-state index is 0.439. The fraction of sp³-hybridized carbons (Fsp3) is 0.833. The zero-order chi connectivity index (χ0) is 12.2. The van der Waals surface area contributed by atoms with Gasteiger partial charge in [0.2, 0.25) is 5.89 Å². The Morgan fingerprint density at radius 2 is 2.17 bits per heavy atom. The molecule has 2 aliphatic heterocycles. The molecule has 1 aromatic rings. The largest absolute Gasteiger partial charge is 0.339 e. The number of piperidine rings is 1. The summed E-state index contributed by atoms with van der Waals surface area (Å²) >= 11 is 3.95. The molecule has 4 nitrogen and oxygen atoms in total. The Hall–Kier alpha value is -0.200. The number of nitrogens with one attached hydrogen (secondary N) is 1. The van der Waals surface area contributed by atoms with Crippen molar-refractivity contribution < 1.29 is 4.52 Å². The van der Waals surface area contributed by atoms with E-state index in [2.05, 4.69) is 15.5 Å². The van der Waals surface area contributed by atoms with Gasteiger partial charge in [0.05, 0.1) is 5.25 Å². The Balaban J connectivity index is 1.58. The molecule has 1 aromatic heterocycles. The zero-order valence-corrected chi connectivity index (χ0v) is 12.1. The van der Waals surface area contributed by atoms with Crippen LogP contribution in [0.25, 0.3) is 0 Å². The summed E-state index contributed by atoms with van der Waals surface area (Å²) in [5, 5.41) is 7.99. The summed E-state index contributed by atoms with van der Waals surface area (Å²) in [5.41, 5.74) is 0. The third-order valence-corrected chi connectivity index (χ3v) is 6.26. The van der Waals surface area contributed by atoms with Gasteiger partial charge in [-0.2, -0.15) is 16.7 Å². The van der Waals surface area contributed by atoms with Gasteiger partial charge in [0.25, 0.3) is 0 Å². The van der Waals surface area contributed by atoms with Gasteiger partial charge in [0.15, 0.2) is 5.82 Å². The molecule has 18 heavy (non-hydrogen) atoms. The topological polar surface area (TPSA) is 51.0 Å². The minimum atomic E-state index is 0.439. The summed E-state index contributed by atoms with van der Waals surface area (Å²) in [6.07, 6.45) is 3.41. The van der Waals surface area contributed by atoms with Crippen LogP contribution in [0.5, 0.6) is 0 Å². The summed E-state index contributed by atoms with van der Waals surface area (Å²) in [4.78, 5) is 4.60. The van der Waals surface area contributed by atoms with Crippen LogP contribution in [0.4, 0.5) is 0 Å². The van der Waals surface area contributed by atoms with Crippen LogP contribution >= 0.6 is 23.5 Å². The molecule has 0 amide bonds. The second-order valence-electron chi connectivity index (χ2n) is 4.88. The van der Waals surface area contributed by atoms with E-state index in [0.717, 1.165) is 37.0 Å². The van der Waals surface area contributed by atoms with E-state index in [-0.39, 0.29) is 0 Å². The number of nitrogens with zero attached hydrogens (tertiary/aromatic N) is 2. The van der Waals surface area contributed by atoms with Crippen molar-refractivity contribution in [3.05, 3.63) is 11.7 Å². The Bertz CT molecular complexity index is 373. The number of rotatable bonds is 3. The monoisotopic (exact) mass is 285 g/mol. The molecule has 6 heteroatoms. The van der Waals surface area contributed by atoms with Crippen molar-refractivity contribution in [2.24, 2.45) is 5.92 Å². The maximum absolute atomic E-state index is 5.42. The fourth-order valence-corrected chi connectivity index (χ4v) is 5.04. The van der Waals surface area contributed by atoms with Gasteiger partial charge < -0.3 is 9.84 Å². The maximum atomic E-state index is 5.42. The van der Waals surface area contributed by atoms with Gasteiger partial charge in [-0.15, -0.1) is 11.8 Å². The van der Waals surface area contributed by atoms with Gasteiger partial charge in [0.1, 0.15) is 0 Å². The summed E-state index contributed by atoms with van der Waals surface area (Å²) in [6.45, 7) is 2.25. The molecule has 3 rings (SSSR count). The van der Waals surface area contributed by atoms with Gasteiger partial charge in [-0.25, -0.2) is 0 Å². The SMILES string of the molecule is C1CC(Cc2nc(C3CSCCS3)no2)CCN1. The van der Waals surface area contributed by atoms with Gasteiger partial charge in [-0.1, -0.05) is 5.16 Å². The van der Waals surface area contributed by atoms with Gasteiger partial charge in [-0.05, 0) is 31.8 Å². The summed E-state index contributed by atoms with van der Waals surface area (Å²) < 4.78 is 5.42. The molecule has 1 N–H and O–H groups in total. The van der Waals surface area contributed by atoms with E-state index < -0.39 is 0 Å². The number of hydrogen-bond acceptors (Lipinski definition) is 6. The van der Waals surface area contributed by atoms with Gasteiger partial charge in [-0.3, -0.25) is 0 Å². The van der Waals surface area contributed by atoms with Crippen molar-refractivity contribution in [3.63, 3.8) is 0 Å². The summed E-state index contributed by atoms with van der Waals surface area (Å²) in [6, 6.07) is 0. The molecule has 2 fully saturated rings. The lowest BCUT2D eigenvalue weighted by Gasteiger charge is -2.20. The van der Waals surface area contributed by atoms with E-state index in [4.69, 9.17) is 4.52 Å². The number of hydrogen-bond donors (Lipinski definition) is 1. The highest BCUT2D eigenvalue weighted by atomic mass is 32.2. The summed E-state index contributed by atoms with van der Waals surface area (Å²) in [5.74, 6) is 6.04. The highest BCUT2D eigenvalue weighted by Gasteiger charge is 2.23. The third kappa shape index (κ3) is 3.22. The molecule has 1 unspecified atom stereocenters. The van der Waals surface area contributed by atoms with Crippen LogP contribution in [0.1, 0.15) is 29.8 Å². The highest BCUT2D eigenvalue weighted by Crippen LogP contribution is 2.35. The summed E-state index contributed by atoms with van der Waals surface area (Å²) in [7, 11) is 0. The average molecular weight is 285 g/mol. The van der Waals surface area contributed by atoms with Crippen LogP contribution in [-0.2, 0) is 6.42 Å². The molecule has 0 spiro atoms. The van der Waals surface area contributed by atoms with Crippen molar-refractivity contribution in [1.82, 2.24) is 15.5 Å². The van der Waals surface area contributed by atoms with Crippen molar-refractivity contribution in [3.8, 4) is 0 Å². The quantitative estimate of drug-likeness (QED) is 0.918. The predicted molar refractivity (Wildman–Crippen MR) is 76.1 cm³/mol. The first-order valence-corrected chi connectivity index (χ1v) is 8.85. The third-order valence-electron chi connectivity index (χ3n) is 3.51. The molecule has 2 saturated heterocycles. The lowest BCUT2D eigenvalue weighted by molar-refractivity contribution is 0.312. The molecule has 2 aliphatic rings. The Morgan fingerprint density at radius 1 is 1.28 bits per heavy atom. The van der Waals surface area contributed by atoms with Crippen molar-refractivity contribution in [2.75, 3.05) is 30.3 Å². The van der Waals surface area contributed by atoms with Crippen LogP contribution in [0, 0.1) is 5.92 Å². The molecule has 3 heterocycles. The molecule has 0 bridgehead atoms. The van der Waals surface area contributed by atoms with Crippen LogP contribution in [-0.4, -0.2) is 40.5 Å². The normalized spacial score (nSPS) is 26.3. The molecule has 0 aliphatic carbocycles. The van der Waals surface area contributed by atoms with Crippen LogP contribution in [0.3, 0.4) is 0 Å². The zero-order valence-electron chi connectivity index (χ0n) is 10.4. The second kappa shape index (κ2) is 6.30. The second-order valence-corrected chi connectivity index (χ2v) is 7.34. The predicted octanol–water partition coefficient (Wildman–Crippen LogP) is 2.13. The first kappa shape index (κ1) is 12.8. The Labute approximate surface area is 116 Å². The fourth-order valence-electron chi connectivity index (χ4n) is 2.45. The molecule has 0 radical (unpaired) electrons. The Morgan fingerprint density at radius 3 is 2.94 bits per heavy atom. The van der Waals surface area contributed by atoms with E-state index in [1.54, 1.807) is 0 Å². The van der Waals surface area contributed by atoms with Crippen LogP contribution < -0.4 is 5.32 Å². The van der Waals surface area contributed by atoms with Crippen LogP contribution in [0.15, 0.2) is 4.52 Å². The van der Waals surface area contributed by atoms with E-state index in [1.165, 1.54) is 24.3 Å². The Kier molecular flexibility index (Phi) is 4.49. The minimum Gasteiger partial charge on any atom is -0.339 e. The van der Waals surface area contributed by atoms with Crippen LogP contribution in [0.2, 0.25) is 0 Å².